The predicted molar refractivity (Wildman–Crippen MR) is 74.2 cm³/mol. The van der Waals surface area contributed by atoms with E-state index in [1.165, 1.54) is 12.8 Å². The van der Waals surface area contributed by atoms with Crippen molar-refractivity contribution in [1.82, 2.24) is 5.32 Å². The average molecular weight is 247 g/mol. The molecule has 0 radical (unpaired) electrons. The maximum atomic E-state index is 5.55. The van der Waals surface area contributed by atoms with Gasteiger partial charge in [-0.05, 0) is 25.8 Å². The van der Waals surface area contributed by atoms with Gasteiger partial charge in [0.1, 0.15) is 0 Å². The molecule has 3 heteroatoms. The van der Waals surface area contributed by atoms with Crippen LogP contribution in [-0.2, 0) is 0 Å². The first-order valence-corrected chi connectivity index (χ1v) is 6.55. The number of methoxy groups -OCH3 is 1. The van der Waals surface area contributed by atoms with E-state index in [9.17, 15) is 0 Å². The molecule has 0 amide bonds. The molecule has 98 valence electrons. The molecule has 0 unspecified atom stereocenters. The monoisotopic (exact) mass is 247 g/mol. The summed E-state index contributed by atoms with van der Waals surface area (Å²) in [5.41, 5.74) is 1.06. The first-order chi connectivity index (χ1) is 8.85. The number of hydrogen-bond acceptors (Lipinski definition) is 3. The van der Waals surface area contributed by atoms with Crippen LogP contribution in [0.2, 0.25) is 0 Å². The van der Waals surface area contributed by atoms with Crippen LogP contribution in [0.5, 0.6) is 11.5 Å². The zero-order chi connectivity index (χ0) is 12.8. The van der Waals surface area contributed by atoms with Crippen LogP contribution < -0.4 is 14.8 Å². The van der Waals surface area contributed by atoms with E-state index in [0.717, 1.165) is 29.6 Å². The van der Waals surface area contributed by atoms with Crippen LogP contribution in [0.4, 0.5) is 0 Å². The second-order valence-electron chi connectivity index (χ2n) is 4.40. The fraction of sp³-hybridized carbons (Fsp3) is 0.467. The summed E-state index contributed by atoms with van der Waals surface area (Å²) in [7, 11) is 1.68. The molecule has 0 saturated heterocycles. The summed E-state index contributed by atoms with van der Waals surface area (Å²) in [4.78, 5) is 0. The molecule has 1 aliphatic carbocycles. The van der Waals surface area contributed by atoms with Crippen LogP contribution in [0.1, 0.15) is 25.3 Å². The minimum Gasteiger partial charge on any atom is -0.492 e. The summed E-state index contributed by atoms with van der Waals surface area (Å²) < 4.78 is 11.0. The van der Waals surface area contributed by atoms with Gasteiger partial charge in [-0.25, -0.2) is 0 Å². The largest absolute Gasteiger partial charge is 0.492 e. The van der Waals surface area contributed by atoms with E-state index in [2.05, 4.69) is 17.5 Å². The molecule has 2 rings (SSSR count). The SMILES string of the molecule is CCOc1cccc(C=CCNC2CC2)c1OC. The summed E-state index contributed by atoms with van der Waals surface area (Å²) in [5.74, 6) is 1.61. The topological polar surface area (TPSA) is 30.5 Å². The quantitative estimate of drug-likeness (QED) is 0.803. The Morgan fingerprint density at radius 3 is 2.89 bits per heavy atom. The van der Waals surface area contributed by atoms with Crippen LogP contribution in [0.25, 0.3) is 6.08 Å². The van der Waals surface area contributed by atoms with E-state index in [0.29, 0.717) is 6.61 Å². The van der Waals surface area contributed by atoms with Gasteiger partial charge < -0.3 is 14.8 Å². The van der Waals surface area contributed by atoms with E-state index in [1.807, 2.05) is 25.1 Å². The molecule has 1 aromatic rings. The third-order valence-electron chi connectivity index (χ3n) is 2.91. The first kappa shape index (κ1) is 13.0. The van der Waals surface area contributed by atoms with Crippen LogP contribution in [0.3, 0.4) is 0 Å². The third kappa shape index (κ3) is 3.50. The van der Waals surface area contributed by atoms with E-state index >= 15 is 0 Å². The van der Waals surface area contributed by atoms with Gasteiger partial charge in [0.15, 0.2) is 11.5 Å². The van der Waals surface area contributed by atoms with Gasteiger partial charge in [0, 0.05) is 18.2 Å². The Morgan fingerprint density at radius 2 is 2.22 bits per heavy atom. The summed E-state index contributed by atoms with van der Waals surface area (Å²) in [6.07, 6.45) is 6.84. The fourth-order valence-electron chi connectivity index (χ4n) is 1.86. The highest BCUT2D eigenvalue weighted by atomic mass is 16.5. The summed E-state index contributed by atoms with van der Waals surface area (Å²) in [5, 5.41) is 3.45. The lowest BCUT2D eigenvalue weighted by Gasteiger charge is -2.11. The maximum absolute atomic E-state index is 5.55. The van der Waals surface area contributed by atoms with Gasteiger partial charge in [-0.15, -0.1) is 0 Å². The van der Waals surface area contributed by atoms with Crippen molar-refractivity contribution in [3.63, 3.8) is 0 Å². The number of benzene rings is 1. The maximum Gasteiger partial charge on any atom is 0.167 e. The van der Waals surface area contributed by atoms with Crippen LogP contribution in [-0.4, -0.2) is 26.3 Å². The molecule has 3 nitrogen and oxygen atoms in total. The minimum atomic E-state index is 0.646. The normalized spacial score (nSPS) is 15.0. The Balaban J connectivity index is 2.02. The van der Waals surface area contributed by atoms with Crippen LogP contribution in [0.15, 0.2) is 24.3 Å². The Kier molecular flexibility index (Phi) is 4.65. The highest BCUT2D eigenvalue weighted by Gasteiger charge is 2.19. The molecule has 1 N–H and O–H groups in total. The molecule has 0 bridgehead atoms. The van der Waals surface area contributed by atoms with Gasteiger partial charge >= 0.3 is 0 Å². The second-order valence-corrected chi connectivity index (χ2v) is 4.40. The first-order valence-electron chi connectivity index (χ1n) is 6.55. The van der Waals surface area contributed by atoms with Crippen molar-refractivity contribution in [3.8, 4) is 11.5 Å². The molecule has 1 fully saturated rings. The molecule has 1 aromatic carbocycles. The molecular formula is C15H21NO2. The summed E-state index contributed by atoms with van der Waals surface area (Å²) in [6, 6.07) is 6.70. The second kappa shape index (κ2) is 6.45. The van der Waals surface area contributed by atoms with Gasteiger partial charge in [0.2, 0.25) is 0 Å². The van der Waals surface area contributed by atoms with Crippen molar-refractivity contribution >= 4 is 6.08 Å². The Bertz CT molecular complexity index is 411. The van der Waals surface area contributed by atoms with Crippen molar-refractivity contribution in [2.24, 2.45) is 0 Å². The Hall–Kier alpha value is -1.48. The Labute approximate surface area is 109 Å². The fourth-order valence-corrected chi connectivity index (χ4v) is 1.86. The van der Waals surface area contributed by atoms with Gasteiger partial charge in [-0.1, -0.05) is 24.3 Å². The standard InChI is InChI=1S/C15H21NO2/c1-3-18-14-8-4-6-12(15(14)17-2)7-5-11-16-13-9-10-13/h4-8,13,16H,3,9-11H2,1-2H3. The highest BCUT2D eigenvalue weighted by Crippen LogP contribution is 2.31. The molecule has 0 aliphatic heterocycles. The predicted octanol–water partition coefficient (Wildman–Crippen LogP) is 2.86. The highest BCUT2D eigenvalue weighted by molar-refractivity contribution is 5.62. The molecule has 1 aliphatic rings. The van der Waals surface area contributed by atoms with Gasteiger partial charge in [-0.3, -0.25) is 0 Å². The zero-order valence-corrected chi connectivity index (χ0v) is 11.1. The smallest absolute Gasteiger partial charge is 0.167 e. The van der Waals surface area contributed by atoms with Crippen molar-refractivity contribution in [3.05, 3.63) is 29.8 Å². The number of hydrogen-bond donors (Lipinski definition) is 1. The number of ether oxygens (including phenoxy) is 2. The van der Waals surface area contributed by atoms with E-state index in [1.54, 1.807) is 7.11 Å². The average Bonchev–Trinajstić information content (AvgIpc) is 3.19. The molecule has 0 spiro atoms. The van der Waals surface area contributed by atoms with Crippen molar-refractivity contribution in [2.45, 2.75) is 25.8 Å². The van der Waals surface area contributed by atoms with E-state index < -0.39 is 0 Å². The van der Waals surface area contributed by atoms with E-state index in [4.69, 9.17) is 9.47 Å². The molecule has 0 aromatic heterocycles. The molecule has 1 saturated carbocycles. The van der Waals surface area contributed by atoms with Crippen molar-refractivity contribution in [1.29, 1.82) is 0 Å². The van der Waals surface area contributed by atoms with E-state index in [-0.39, 0.29) is 0 Å². The van der Waals surface area contributed by atoms with Crippen LogP contribution in [0, 0.1) is 0 Å². The molecule has 0 heterocycles. The molecule has 18 heavy (non-hydrogen) atoms. The number of rotatable bonds is 7. The lowest BCUT2D eigenvalue weighted by atomic mass is 10.1. The lowest BCUT2D eigenvalue weighted by molar-refractivity contribution is 0.310. The zero-order valence-electron chi connectivity index (χ0n) is 11.1. The number of para-hydroxylation sites is 1. The van der Waals surface area contributed by atoms with Gasteiger partial charge in [-0.2, -0.15) is 0 Å². The number of nitrogens with one attached hydrogen (secondary N) is 1. The molecular weight excluding hydrogens is 226 g/mol. The summed E-state index contributed by atoms with van der Waals surface area (Å²) in [6.45, 7) is 3.53. The van der Waals surface area contributed by atoms with Crippen molar-refractivity contribution in [2.75, 3.05) is 20.3 Å². The summed E-state index contributed by atoms with van der Waals surface area (Å²) >= 11 is 0. The lowest BCUT2D eigenvalue weighted by Crippen LogP contribution is -2.15. The molecule has 0 atom stereocenters. The van der Waals surface area contributed by atoms with Crippen molar-refractivity contribution < 1.29 is 9.47 Å². The van der Waals surface area contributed by atoms with Gasteiger partial charge in [0.05, 0.1) is 13.7 Å². The van der Waals surface area contributed by atoms with Gasteiger partial charge in [0.25, 0.3) is 0 Å². The van der Waals surface area contributed by atoms with Crippen LogP contribution >= 0.6 is 0 Å². The minimum absolute atomic E-state index is 0.646. The third-order valence-corrected chi connectivity index (χ3v) is 2.91. The Morgan fingerprint density at radius 1 is 1.39 bits per heavy atom.